The van der Waals surface area contributed by atoms with Gasteiger partial charge in [0.1, 0.15) is 5.75 Å². The van der Waals surface area contributed by atoms with Gasteiger partial charge in [-0.25, -0.2) is 4.79 Å². The van der Waals surface area contributed by atoms with Crippen LogP contribution in [0.2, 0.25) is 0 Å². The lowest BCUT2D eigenvalue weighted by Crippen LogP contribution is -2.13. The molecule has 1 aromatic rings. The molecule has 0 saturated heterocycles. The number of benzene rings is 1. The molecule has 1 aromatic carbocycles. The lowest BCUT2D eigenvalue weighted by atomic mass is 10.2. The van der Waals surface area contributed by atoms with E-state index in [1.807, 2.05) is 0 Å². The highest BCUT2D eigenvalue weighted by Gasteiger charge is 2.04. The van der Waals surface area contributed by atoms with Crippen molar-refractivity contribution in [2.45, 2.75) is 19.3 Å². The fraction of sp³-hybridized carbons (Fsp3) is 0.429. The van der Waals surface area contributed by atoms with E-state index in [-0.39, 0.29) is 12.5 Å². The molecule has 1 N–H and O–H groups in total. The van der Waals surface area contributed by atoms with Crippen molar-refractivity contribution >= 4 is 33.5 Å². The number of carbonyl (C=O) groups is 2. The van der Waals surface area contributed by atoms with Crippen molar-refractivity contribution in [2.75, 3.05) is 24.4 Å². The third kappa shape index (κ3) is 6.56. The van der Waals surface area contributed by atoms with Crippen molar-refractivity contribution in [2.24, 2.45) is 0 Å². The second kappa shape index (κ2) is 9.36. The lowest BCUT2D eigenvalue weighted by Gasteiger charge is -2.07. The molecule has 0 aliphatic carbocycles. The second-order valence-electron chi connectivity index (χ2n) is 4.08. The SMILES string of the molecule is COC(=O)COc1ccc(NC(=O)CCCCBr)cc1. The number of amides is 1. The molecule has 1 amide bonds. The molecule has 0 aromatic heterocycles. The summed E-state index contributed by atoms with van der Waals surface area (Å²) in [6.45, 7) is -0.130. The lowest BCUT2D eigenvalue weighted by molar-refractivity contribution is -0.142. The maximum atomic E-state index is 11.6. The van der Waals surface area contributed by atoms with E-state index in [2.05, 4.69) is 26.0 Å². The van der Waals surface area contributed by atoms with Crippen LogP contribution in [0.3, 0.4) is 0 Å². The Hall–Kier alpha value is -1.56. The number of ether oxygens (including phenoxy) is 2. The van der Waals surface area contributed by atoms with E-state index >= 15 is 0 Å². The number of hydrogen-bond donors (Lipinski definition) is 1. The molecule has 0 aliphatic heterocycles. The van der Waals surface area contributed by atoms with Crippen molar-refractivity contribution in [1.82, 2.24) is 0 Å². The topological polar surface area (TPSA) is 64.6 Å². The smallest absolute Gasteiger partial charge is 0.343 e. The van der Waals surface area contributed by atoms with E-state index in [1.165, 1.54) is 7.11 Å². The van der Waals surface area contributed by atoms with Crippen LogP contribution < -0.4 is 10.1 Å². The Morgan fingerprint density at radius 3 is 2.50 bits per heavy atom. The molecule has 0 aliphatic rings. The molecule has 0 spiro atoms. The number of rotatable bonds is 8. The zero-order valence-corrected chi connectivity index (χ0v) is 12.9. The first-order valence-electron chi connectivity index (χ1n) is 6.31. The standard InChI is InChI=1S/C14H18BrNO4/c1-19-14(18)10-20-12-7-5-11(6-8-12)16-13(17)4-2-3-9-15/h5-8H,2-4,9-10H2,1H3,(H,16,17). The van der Waals surface area contributed by atoms with Crippen LogP contribution in [0, 0.1) is 0 Å². The van der Waals surface area contributed by atoms with Crippen molar-refractivity contribution in [3.63, 3.8) is 0 Å². The van der Waals surface area contributed by atoms with Gasteiger partial charge in [-0.05, 0) is 37.1 Å². The highest BCUT2D eigenvalue weighted by Crippen LogP contribution is 2.16. The maximum absolute atomic E-state index is 11.6. The third-order valence-corrected chi connectivity index (χ3v) is 3.07. The van der Waals surface area contributed by atoms with Gasteiger partial charge < -0.3 is 14.8 Å². The molecular formula is C14H18BrNO4. The maximum Gasteiger partial charge on any atom is 0.343 e. The van der Waals surface area contributed by atoms with E-state index in [0.29, 0.717) is 17.9 Å². The van der Waals surface area contributed by atoms with E-state index in [1.54, 1.807) is 24.3 Å². The number of unbranched alkanes of at least 4 members (excludes halogenated alkanes) is 1. The summed E-state index contributed by atoms with van der Waals surface area (Å²) in [6, 6.07) is 6.85. The van der Waals surface area contributed by atoms with Crippen LogP contribution in [0.5, 0.6) is 5.75 Å². The van der Waals surface area contributed by atoms with E-state index in [0.717, 1.165) is 18.2 Å². The van der Waals surface area contributed by atoms with Gasteiger partial charge in [0.15, 0.2) is 6.61 Å². The van der Waals surface area contributed by atoms with Crippen LogP contribution in [0.1, 0.15) is 19.3 Å². The number of nitrogens with one attached hydrogen (secondary N) is 1. The van der Waals surface area contributed by atoms with Gasteiger partial charge in [-0.3, -0.25) is 4.79 Å². The molecule has 5 nitrogen and oxygen atoms in total. The molecule has 6 heteroatoms. The van der Waals surface area contributed by atoms with Crippen LogP contribution in [-0.2, 0) is 14.3 Å². The zero-order valence-electron chi connectivity index (χ0n) is 11.4. The van der Waals surface area contributed by atoms with Gasteiger partial charge in [-0.2, -0.15) is 0 Å². The molecular weight excluding hydrogens is 326 g/mol. The summed E-state index contributed by atoms with van der Waals surface area (Å²) >= 11 is 3.33. The van der Waals surface area contributed by atoms with Gasteiger partial charge in [0, 0.05) is 17.4 Å². The Bertz CT molecular complexity index is 433. The zero-order chi connectivity index (χ0) is 14.8. The third-order valence-electron chi connectivity index (χ3n) is 2.51. The summed E-state index contributed by atoms with van der Waals surface area (Å²) in [5, 5.41) is 3.71. The number of hydrogen-bond acceptors (Lipinski definition) is 4. The normalized spacial score (nSPS) is 9.90. The molecule has 20 heavy (non-hydrogen) atoms. The fourth-order valence-corrected chi connectivity index (χ4v) is 1.84. The molecule has 0 radical (unpaired) electrons. The van der Waals surface area contributed by atoms with Gasteiger partial charge in [-0.15, -0.1) is 0 Å². The van der Waals surface area contributed by atoms with E-state index < -0.39 is 5.97 Å². The second-order valence-corrected chi connectivity index (χ2v) is 4.88. The molecule has 0 heterocycles. The predicted molar refractivity (Wildman–Crippen MR) is 80.2 cm³/mol. The summed E-state index contributed by atoms with van der Waals surface area (Å²) in [5.74, 6) is 0.107. The number of halogens is 1. The van der Waals surface area contributed by atoms with Gasteiger partial charge >= 0.3 is 5.97 Å². The molecule has 0 saturated carbocycles. The Labute approximate surface area is 126 Å². The number of methoxy groups -OCH3 is 1. The molecule has 0 unspecified atom stereocenters. The van der Waals surface area contributed by atoms with E-state index in [4.69, 9.17) is 4.74 Å². The predicted octanol–water partition coefficient (Wildman–Crippen LogP) is 2.74. The highest BCUT2D eigenvalue weighted by atomic mass is 79.9. The number of carbonyl (C=O) groups excluding carboxylic acids is 2. The fourth-order valence-electron chi connectivity index (χ4n) is 1.44. The first-order chi connectivity index (χ1) is 9.65. The number of anilines is 1. The first kappa shape index (κ1) is 16.5. The first-order valence-corrected chi connectivity index (χ1v) is 7.43. The minimum atomic E-state index is -0.436. The molecule has 0 fully saturated rings. The number of esters is 1. The van der Waals surface area contributed by atoms with Crippen molar-refractivity contribution < 1.29 is 19.1 Å². The summed E-state index contributed by atoms with van der Waals surface area (Å²) < 4.78 is 9.68. The summed E-state index contributed by atoms with van der Waals surface area (Å²) in [7, 11) is 1.31. The largest absolute Gasteiger partial charge is 0.482 e. The van der Waals surface area contributed by atoms with Crippen LogP contribution in [0.25, 0.3) is 0 Å². The van der Waals surface area contributed by atoms with Gasteiger partial charge in [0.2, 0.25) is 5.91 Å². The van der Waals surface area contributed by atoms with Gasteiger partial charge in [-0.1, -0.05) is 15.9 Å². The van der Waals surface area contributed by atoms with Crippen molar-refractivity contribution in [1.29, 1.82) is 0 Å². The average molecular weight is 344 g/mol. The Morgan fingerprint density at radius 1 is 1.20 bits per heavy atom. The highest BCUT2D eigenvalue weighted by molar-refractivity contribution is 9.09. The Morgan fingerprint density at radius 2 is 1.90 bits per heavy atom. The van der Waals surface area contributed by atoms with Gasteiger partial charge in [0.25, 0.3) is 0 Å². The summed E-state index contributed by atoms with van der Waals surface area (Å²) in [5.41, 5.74) is 0.708. The molecule has 0 bridgehead atoms. The Kier molecular flexibility index (Phi) is 7.72. The summed E-state index contributed by atoms with van der Waals surface area (Å²) in [6.07, 6.45) is 2.34. The van der Waals surface area contributed by atoms with Crippen molar-refractivity contribution in [3.05, 3.63) is 24.3 Å². The van der Waals surface area contributed by atoms with E-state index in [9.17, 15) is 9.59 Å². The van der Waals surface area contributed by atoms with Crippen LogP contribution in [0.15, 0.2) is 24.3 Å². The quantitative estimate of drug-likeness (QED) is 0.447. The van der Waals surface area contributed by atoms with Crippen LogP contribution in [-0.4, -0.2) is 30.9 Å². The Balaban J connectivity index is 2.38. The minimum Gasteiger partial charge on any atom is -0.482 e. The van der Waals surface area contributed by atoms with Crippen molar-refractivity contribution in [3.8, 4) is 5.75 Å². The van der Waals surface area contributed by atoms with Gasteiger partial charge in [0.05, 0.1) is 7.11 Å². The van der Waals surface area contributed by atoms with Crippen LogP contribution >= 0.6 is 15.9 Å². The molecule has 110 valence electrons. The number of alkyl halides is 1. The minimum absolute atomic E-state index is 0.00539. The summed E-state index contributed by atoms with van der Waals surface area (Å²) in [4.78, 5) is 22.5. The molecule has 1 rings (SSSR count). The molecule has 0 atom stereocenters. The monoisotopic (exact) mass is 343 g/mol. The van der Waals surface area contributed by atoms with Crippen LogP contribution in [0.4, 0.5) is 5.69 Å². The average Bonchev–Trinajstić information content (AvgIpc) is 2.46.